The van der Waals surface area contributed by atoms with Gasteiger partial charge in [-0.3, -0.25) is 14.2 Å². The van der Waals surface area contributed by atoms with Crippen LogP contribution >= 0.6 is 23.1 Å². The predicted molar refractivity (Wildman–Crippen MR) is 107 cm³/mol. The van der Waals surface area contributed by atoms with Crippen molar-refractivity contribution >= 4 is 39.3 Å². The Balaban J connectivity index is 2.22. The molecule has 3 aromatic rings. The molecule has 5 nitrogen and oxygen atoms in total. The van der Waals surface area contributed by atoms with Crippen LogP contribution in [0.25, 0.3) is 15.9 Å². The van der Waals surface area contributed by atoms with Gasteiger partial charge in [0.25, 0.3) is 5.56 Å². The van der Waals surface area contributed by atoms with Crippen molar-refractivity contribution in [3.63, 3.8) is 0 Å². The Labute approximate surface area is 160 Å². The van der Waals surface area contributed by atoms with Crippen LogP contribution in [0.3, 0.4) is 0 Å². The molecule has 0 saturated heterocycles. The summed E-state index contributed by atoms with van der Waals surface area (Å²) in [6.07, 6.45) is 1.95. The van der Waals surface area contributed by atoms with Gasteiger partial charge in [0.05, 0.1) is 23.9 Å². The molecular weight excluding hydrogens is 368 g/mol. The number of hydrogen-bond acceptors (Lipinski definition) is 6. The minimum atomic E-state index is -0.349. The highest BCUT2D eigenvalue weighted by molar-refractivity contribution is 7.99. The lowest BCUT2D eigenvalue weighted by Crippen LogP contribution is -2.22. The van der Waals surface area contributed by atoms with E-state index in [9.17, 15) is 9.59 Å². The summed E-state index contributed by atoms with van der Waals surface area (Å²) in [4.78, 5) is 31.5. The average molecular weight is 389 g/mol. The van der Waals surface area contributed by atoms with Gasteiger partial charge in [-0.05, 0) is 31.0 Å². The first-order valence-corrected chi connectivity index (χ1v) is 10.2. The van der Waals surface area contributed by atoms with Gasteiger partial charge in [-0.1, -0.05) is 43.3 Å². The lowest BCUT2D eigenvalue weighted by atomic mass is 10.1. The maximum atomic E-state index is 13.3. The van der Waals surface area contributed by atoms with Crippen molar-refractivity contribution in [2.24, 2.45) is 0 Å². The Morgan fingerprint density at radius 2 is 2.04 bits per heavy atom. The van der Waals surface area contributed by atoms with Crippen LogP contribution in [0.1, 0.15) is 23.8 Å². The lowest BCUT2D eigenvalue weighted by Gasteiger charge is -2.11. The van der Waals surface area contributed by atoms with Crippen LogP contribution in [-0.2, 0) is 16.0 Å². The monoisotopic (exact) mass is 388 g/mol. The number of nitrogens with zero attached hydrogens (tertiary/aromatic N) is 2. The minimum Gasteiger partial charge on any atom is -0.468 e. The Bertz CT molecular complexity index is 993. The summed E-state index contributed by atoms with van der Waals surface area (Å²) in [6.45, 7) is 4.11. The molecule has 0 N–H and O–H groups in total. The number of carbonyl (C=O) groups excluding carboxylic acids is 1. The number of thioether (sulfide) groups is 1. The molecule has 0 amide bonds. The summed E-state index contributed by atoms with van der Waals surface area (Å²) in [6, 6.07) is 9.39. The molecule has 0 aliphatic heterocycles. The standard InChI is InChI=1S/C19H20N2O3S2/c1-4-8-14-12(2)16-17(26-14)20-19(25-11-15(22)24-3)21(18(16)23)13-9-6-5-7-10-13/h5-7,9-10H,4,8,11H2,1-3H3. The summed E-state index contributed by atoms with van der Waals surface area (Å²) in [5.41, 5.74) is 1.66. The Morgan fingerprint density at radius 3 is 2.69 bits per heavy atom. The number of hydrogen-bond donors (Lipinski definition) is 0. The van der Waals surface area contributed by atoms with Gasteiger partial charge in [0.15, 0.2) is 5.16 Å². The molecule has 136 valence electrons. The van der Waals surface area contributed by atoms with Gasteiger partial charge in [-0.25, -0.2) is 4.98 Å². The van der Waals surface area contributed by atoms with Crippen molar-refractivity contribution in [3.05, 3.63) is 51.1 Å². The molecule has 0 atom stereocenters. The molecule has 0 fully saturated rings. The van der Waals surface area contributed by atoms with E-state index < -0.39 is 0 Å². The number of aryl methyl sites for hydroxylation is 2. The number of methoxy groups -OCH3 is 1. The van der Waals surface area contributed by atoms with E-state index in [4.69, 9.17) is 9.72 Å². The molecule has 1 aromatic carbocycles. The number of ether oxygens (including phenoxy) is 1. The van der Waals surface area contributed by atoms with Gasteiger partial charge in [-0.2, -0.15) is 0 Å². The van der Waals surface area contributed by atoms with E-state index in [0.717, 1.165) is 28.9 Å². The van der Waals surface area contributed by atoms with Gasteiger partial charge >= 0.3 is 5.97 Å². The highest BCUT2D eigenvalue weighted by Gasteiger charge is 2.19. The molecule has 26 heavy (non-hydrogen) atoms. The van der Waals surface area contributed by atoms with Gasteiger partial charge < -0.3 is 4.74 Å². The number of esters is 1. The predicted octanol–water partition coefficient (Wildman–Crippen LogP) is 3.97. The fraction of sp³-hybridized carbons (Fsp3) is 0.316. The minimum absolute atomic E-state index is 0.0929. The SMILES string of the molecule is CCCc1sc2nc(SCC(=O)OC)n(-c3ccccc3)c(=O)c2c1C. The number of thiophene rings is 1. The molecule has 2 aromatic heterocycles. The quantitative estimate of drug-likeness (QED) is 0.363. The van der Waals surface area contributed by atoms with E-state index in [0.29, 0.717) is 10.5 Å². The summed E-state index contributed by atoms with van der Waals surface area (Å²) in [5, 5.41) is 1.17. The van der Waals surface area contributed by atoms with Crippen LogP contribution in [0.2, 0.25) is 0 Å². The average Bonchev–Trinajstić information content (AvgIpc) is 2.96. The molecular formula is C19H20N2O3S2. The summed E-state index contributed by atoms with van der Waals surface area (Å²) >= 11 is 2.78. The zero-order valence-corrected chi connectivity index (χ0v) is 16.6. The smallest absolute Gasteiger partial charge is 0.316 e. The number of fused-ring (bicyclic) bond motifs is 1. The van der Waals surface area contributed by atoms with E-state index in [1.165, 1.54) is 23.7 Å². The highest BCUT2D eigenvalue weighted by atomic mass is 32.2. The zero-order chi connectivity index (χ0) is 18.7. The number of rotatable bonds is 6. The van der Waals surface area contributed by atoms with E-state index in [2.05, 4.69) is 6.92 Å². The second kappa shape index (κ2) is 8.05. The third kappa shape index (κ3) is 3.54. The van der Waals surface area contributed by atoms with Gasteiger partial charge in [-0.15, -0.1) is 11.3 Å². The zero-order valence-electron chi connectivity index (χ0n) is 14.9. The fourth-order valence-electron chi connectivity index (χ4n) is 2.76. The van der Waals surface area contributed by atoms with E-state index in [1.54, 1.807) is 15.9 Å². The summed E-state index contributed by atoms with van der Waals surface area (Å²) in [7, 11) is 1.35. The number of benzene rings is 1. The van der Waals surface area contributed by atoms with E-state index in [1.807, 2.05) is 37.3 Å². The molecule has 3 rings (SSSR count). The molecule has 0 spiro atoms. The second-order valence-corrected chi connectivity index (χ2v) is 7.84. The summed E-state index contributed by atoms with van der Waals surface area (Å²) in [5.74, 6) is -0.244. The molecule has 0 bridgehead atoms. The first-order valence-electron chi connectivity index (χ1n) is 8.36. The van der Waals surface area contributed by atoms with Crippen LogP contribution in [-0.4, -0.2) is 28.4 Å². The van der Waals surface area contributed by atoms with Crippen LogP contribution < -0.4 is 5.56 Å². The van der Waals surface area contributed by atoms with Crippen LogP contribution in [0.4, 0.5) is 0 Å². The Kier molecular flexibility index (Phi) is 5.78. The third-order valence-electron chi connectivity index (χ3n) is 4.07. The summed E-state index contributed by atoms with van der Waals surface area (Å²) < 4.78 is 6.31. The third-order valence-corrected chi connectivity index (χ3v) is 6.23. The van der Waals surface area contributed by atoms with E-state index in [-0.39, 0.29) is 17.3 Å². The van der Waals surface area contributed by atoms with Gasteiger partial charge in [0.2, 0.25) is 0 Å². The molecule has 0 aliphatic carbocycles. The van der Waals surface area contributed by atoms with Crippen molar-refractivity contribution < 1.29 is 9.53 Å². The number of aromatic nitrogens is 2. The Hall–Kier alpha value is -2.12. The molecule has 7 heteroatoms. The maximum absolute atomic E-state index is 13.3. The normalized spacial score (nSPS) is 11.0. The molecule has 0 aliphatic rings. The highest BCUT2D eigenvalue weighted by Crippen LogP contribution is 2.31. The molecule has 2 heterocycles. The van der Waals surface area contributed by atoms with Crippen LogP contribution in [0.5, 0.6) is 0 Å². The number of para-hydroxylation sites is 1. The van der Waals surface area contributed by atoms with Gasteiger partial charge in [0.1, 0.15) is 4.83 Å². The van der Waals surface area contributed by atoms with Crippen molar-refractivity contribution in [1.82, 2.24) is 9.55 Å². The van der Waals surface area contributed by atoms with Crippen molar-refractivity contribution in [2.45, 2.75) is 31.8 Å². The fourth-order valence-corrected chi connectivity index (χ4v) is 4.92. The van der Waals surface area contributed by atoms with Crippen molar-refractivity contribution in [3.8, 4) is 5.69 Å². The Morgan fingerprint density at radius 1 is 1.31 bits per heavy atom. The molecule has 0 unspecified atom stereocenters. The van der Waals surface area contributed by atoms with E-state index >= 15 is 0 Å². The van der Waals surface area contributed by atoms with Crippen molar-refractivity contribution in [2.75, 3.05) is 12.9 Å². The van der Waals surface area contributed by atoms with Crippen LogP contribution in [0, 0.1) is 6.92 Å². The molecule has 0 radical (unpaired) electrons. The maximum Gasteiger partial charge on any atom is 0.316 e. The molecule has 0 saturated carbocycles. The first-order chi connectivity index (χ1) is 12.6. The van der Waals surface area contributed by atoms with Gasteiger partial charge in [0, 0.05) is 4.88 Å². The van der Waals surface area contributed by atoms with Crippen molar-refractivity contribution in [1.29, 1.82) is 0 Å². The topological polar surface area (TPSA) is 61.2 Å². The first kappa shape index (κ1) is 18.7. The number of carbonyl (C=O) groups is 1. The lowest BCUT2D eigenvalue weighted by molar-refractivity contribution is -0.137. The largest absolute Gasteiger partial charge is 0.468 e. The second-order valence-electron chi connectivity index (χ2n) is 5.82. The van der Waals surface area contributed by atoms with Crippen LogP contribution in [0.15, 0.2) is 40.3 Å².